The molecule has 0 N–H and O–H groups in total. The molecule has 48 valence electrons. The summed E-state index contributed by atoms with van der Waals surface area (Å²) in [6, 6.07) is 0. The van der Waals surface area contributed by atoms with Crippen LogP contribution >= 0.6 is 11.8 Å². The molecule has 0 aliphatic rings. The van der Waals surface area contributed by atoms with Crippen LogP contribution in [0.1, 0.15) is 20.3 Å². The van der Waals surface area contributed by atoms with Gasteiger partial charge in [0.05, 0.1) is 5.25 Å². The van der Waals surface area contributed by atoms with Crippen LogP contribution in [0.3, 0.4) is 0 Å². The monoisotopic (exact) mass is 132 g/mol. The SMILES string of the molecule is CCC(=O)[C@@H](C)SC. The molecule has 0 unspecified atom stereocenters. The molecule has 0 saturated carbocycles. The Labute approximate surface area is 54.8 Å². The molecule has 0 aromatic carbocycles. The first-order valence-electron chi connectivity index (χ1n) is 2.77. The van der Waals surface area contributed by atoms with Gasteiger partial charge in [0.25, 0.3) is 0 Å². The molecule has 0 radical (unpaired) electrons. The largest absolute Gasteiger partial charge is 0.298 e. The van der Waals surface area contributed by atoms with Crippen molar-refractivity contribution in [1.82, 2.24) is 0 Å². The summed E-state index contributed by atoms with van der Waals surface area (Å²) < 4.78 is 0. The maximum atomic E-state index is 10.7. The summed E-state index contributed by atoms with van der Waals surface area (Å²) in [6.07, 6.45) is 2.63. The summed E-state index contributed by atoms with van der Waals surface area (Å²) >= 11 is 1.61. The van der Waals surface area contributed by atoms with Crippen molar-refractivity contribution < 1.29 is 4.79 Å². The highest BCUT2D eigenvalue weighted by molar-refractivity contribution is 7.99. The minimum absolute atomic E-state index is 0.194. The van der Waals surface area contributed by atoms with E-state index in [0.717, 1.165) is 0 Å². The predicted molar refractivity (Wildman–Crippen MR) is 38.3 cm³/mol. The average molecular weight is 132 g/mol. The molecule has 0 bridgehead atoms. The molecule has 0 rings (SSSR count). The van der Waals surface area contributed by atoms with Crippen molar-refractivity contribution in [2.75, 3.05) is 6.26 Å². The van der Waals surface area contributed by atoms with Gasteiger partial charge in [0.2, 0.25) is 0 Å². The molecule has 1 nitrogen and oxygen atoms in total. The standard InChI is InChI=1S/C6H12OS/c1-4-6(7)5(2)8-3/h5H,4H2,1-3H3/t5-/m1/s1. The van der Waals surface area contributed by atoms with Gasteiger partial charge >= 0.3 is 0 Å². The van der Waals surface area contributed by atoms with E-state index in [1.54, 1.807) is 11.8 Å². The molecule has 0 saturated heterocycles. The van der Waals surface area contributed by atoms with Crippen molar-refractivity contribution in [2.45, 2.75) is 25.5 Å². The van der Waals surface area contributed by atoms with Crippen LogP contribution in [0.2, 0.25) is 0 Å². The summed E-state index contributed by atoms with van der Waals surface area (Å²) in [7, 11) is 0. The average Bonchev–Trinajstić information content (AvgIpc) is 1.84. The van der Waals surface area contributed by atoms with Gasteiger partial charge in [-0.25, -0.2) is 0 Å². The first-order valence-corrected chi connectivity index (χ1v) is 4.06. The van der Waals surface area contributed by atoms with E-state index < -0.39 is 0 Å². The van der Waals surface area contributed by atoms with E-state index in [1.165, 1.54) is 0 Å². The van der Waals surface area contributed by atoms with Gasteiger partial charge in [-0.3, -0.25) is 4.79 Å². The van der Waals surface area contributed by atoms with Crippen molar-refractivity contribution >= 4 is 17.5 Å². The lowest BCUT2D eigenvalue weighted by atomic mass is 10.2. The number of thioether (sulfide) groups is 1. The van der Waals surface area contributed by atoms with Gasteiger partial charge in [0.1, 0.15) is 5.78 Å². The topological polar surface area (TPSA) is 17.1 Å². The van der Waals surface area contributed by atoms with Gasteiger partial charge in [-0.05, 0) is 13.2 Å². The highest BCUT2D eigenvalue weighted by Gasteiger charge is 2.06. The second-order valence-electron chi connectivity index (χ2n) is 1.70. The quantitative estimate of drug-likeness (QED) is 0.581. The van der Waals surface area contributed by atoms with Crippen LogP contribution in [-0.2, 0) is 4.79 Å². The summed E-state index contributed by atoms with van der Waals surface area (Å²) in [5.74, 6) is 0.345. The van der Waals surface area contributed by atoms with Gasteiger partial charge in [0, 0.05) is 6.42 Å². The Morgan fingerprint density at radius 3 is 2.38 bits per heavy atom. The number of carbonyl (C=O) groups is 1. The number of carbonyl (C=O) groups excluding carboxylic acids is 1. The summed E-state index contributed by atoms with van der Waals surface area (Å²) in [5, 5.41) is 0.194. The third-order valence-corrected chi connectivity index (χ3v) is 2.13. The van der Waals surface area contributed by atoms with Gasteiger partial charge in [-0.15, -0.1) is 0 Å². The Hall–Kier alpha value is 0.0200. The van der Waals surface area contributed by atoms with Crippen LogP contribution in [-0.4, -0.2) is 17.3 Å². The van der Waals surface area contributed by atoms with Crippen LogP contribution in [0, 0.1) is 0 Å². The van der Waals surface area contributed by atoms with E-state index in [9.17, 15) is 4.79 Å². The lowest BCUT2D eigenvalue weighted by Gasteiger charge is -2.01. The minimum atomic E-state index is 0.194. The Balaban J connectivity index is 3.46. The van der Waals surface area contributed by atoms with Crippen LogP contribution in [0.25, 0.3) is 0 Å². The van der Waals surface area contributed by atoms with E-state index in [1.807, 2.05) is 20.1 Å². The van der Waals surface area contributed by atoms with Crippen LogP contribution in [0.5, 0.6) is 0 Å². The summed E-state index contributed by atoms with van der Waals surface area (Å²) in [6.45, 7) is 3.84. The van der Waals surface area contributed by atoms with Crippen molar-refractivity contribution in [1.29, 1.82) is 0 Å². The zero-order valence-electron chi connectivity index (χ0n) is 5.60. The van der Waals surface area contributed by atoms with Gasteiger partial charge in [0.15, 0.2) is 0 Å². The first kappa shape index (κ1) is 8.02. The number of hydrogen-bond donors (Lipinski definition) is 0. The number of hydrogen-bond acceptors (Lipinski definition) is 2. The molecule has 0 aliphatic carbocycles. The maximum Gasteiger partial charge on any atom is 0.145 e. The van der Waals surface area contributed by atoms with Gasteiger partial charge in [-0.2, -0.15) is 11.8 Å². The number of ketones is 1. The molecule has 8 heavy (non-hydrogen) atoms. The lowest BCUT2D eigenvalue weighted by molar-refractivity contribution is -0.117. The molecule has 0 amide bonds. The fraction of sp³-hybridized carbons (Fsp3) is 0.833. The highest BCUT2D eigenvalue weighted by atomic mass is 32.2. The molecule has 0 fully saturated rings. The second kappa shape index (κ2) is 3.96. The van der Waals surface area contributed by atoms with E-state index in [2.05, 4.69) is 0 Å². The van der Waals surface area contributed by atoms with E-state index in [0.29, 0.717) is 12.2 Å². The molecule has 2 heteroatoms. The van der Waals surface area contributed by atoms with E-state index in [4.69, 9.17) is 0 Å². The highest BCUT2D eigenvalue weighted by Crippen LogP contribution is 2.06. The maximum absolute atomic E-state index is 10.7. The zero-order chi connectivity index (χ0) is 6.57. The van der Waals surface area contributed by atoms with Crippen molar-refractivity contribution in [3.63, 3.8) is 0 Å². The Bertz CT molecular complexity index is 80.6. The molecule has 0 heterocycles. The van der Waals surface area contributed by atoms with Gasteiger partial charge in [-0.1, -0.05) is 6.92 Å². The van der Waals surface area contributed by atoms with E-state index >= 15 is 0 Å². The fourth-order valence-electron chi connectivity index (χ4n) is 0.419. The number of rotatable bonds is 3. The van der Waals surface area contributed by atoms with Gasteiger partial charge < -0.3 is 0 Å². The molecule has 0 aromatic heterocycles. The van der Waals surface area contributed by atoms with Crippen LogP contribution in [0.4, 0.5) is 0 Å². The van der Waals surface area contributed by atoms with Crippen LogP contribution < -0.4 is 0 Å². The smallest absolute Gasteiger partial charge is 0.145 e. The third-order valence-electron chi connectivity index (χ3n) is 1.16. The molecule has 1 atom stereocenters. The Kier molecular flexibility index (Phi) is 3.97. The minimum Gasteiger partial charge on any atom is -0.298 e. The van der Waals surface area contributed by atoms with E-state index in [-0.39, 0.29) is 5.25 Å². The second-order valence-corrected chi connectivity index (χ2v) is 2.88. The van der Waals surface area contributed by atoms with Crippen molar-refractivity contribution in [3.05, 3.63) is 0 Å². The molecule has 0 spiro atoms. The summed E-state index contributed by atoms with van der Waals surface area (Å²) in [4.78, 5) is 10.7. The van der Waals surface area contributed by atoms with Crippen molar-refractivity contribution in [2.24, 2.45) is 0 Å². The lowest BCUT2D eigenvalue weighted by Crippen LogP contribution is -2.10. The van der Waals surface area contributed by atoms with Crippen molar-refractivity contribution in [3.8, 4) is 0 Å². The molecular formula is C6H12OS. The van der Waals surface area contributed by atoms with Crippen LogP contribution in [0.15, 0.2) is 0 Å². The molecular weight excluding hydrogens is 120 g/mol. The normalized spacial score (nSPS) is 13.4. The molecule has 0 aliphatic heterocycles. The molecule has 0 aromatic rings. The predicted octanol–water partition coefficient (Wildman–Crippen LogP) is 1.72. The Morgan fingerprint density at radius 2 is 2.25 bits per heavy atom. The fourth-order valence-corrected chi connectivity index (χ4v) is 0.848. The summed E-state index contributed by atoms with van der Waals surface area (Å²) in [5.41, 5.74) is 0. The Morgan fingerprint density at radius 1 is 1.75 bits per heavy atom. The third kappa shape index (κ3) is 2.36. The zero-order valence-corrected chi connectivity index (χ0v) is 6.42. The number of Topliss-reactive ketones (excluding diaryl/α,β-unsaturated/α-hetero) is 1. The first-order chi connectivity index (χ1) is 3.72.